The highest BCUT2D eigenvalue weighted by atomic mass is 79.9. The Morgan fingerprint density at radius 2 is 2.17 bits per heavy atom. The van der Waals surface area contributed by atoms with Crippen LogP contribution in [0.1, 0.15) is 11.1 Å². The van der Waals surface area contributed by atoms with E-state index in [0.717, 1.165) is 29.7 Å². The van der Waals surface area contributed by atoms with Crippen LogP contribution in [0.4, 0.5) is 11.4 Å². The van der Waals surface area contributed by atoms with Gasteiger partial charge in [0, 0.05) is 24.6 Å². The molecule has 0 bridgehead atoms. The number of nitrogens with zero attached hydrogens (tertiary/aromatic N) is 1. The zero-order valence-electron chi connectivity index (χ0n) is 9.91. The first-order valence-electron chi connectivity index (χ1n) is 6.02. The molecule has 1 aliphatic heterocycles. The van der Waals surface area contributed by atoms with Crippen molar-refractivity contribution < 1.29 is 0 Å². The molecule has 92 valence electrons. The van der Waals surface area contributed by atoms with Crippen LogP contribution in [0.15, 0.2) is 41.1 Å². The van der Waals surface area contributed by atoms with Crippen molar-refractivity contribution in [2.24, 2.45) is 0 Å². The van der Waals surface area contributed by atoms with Crippen LogP contribution >= 0.6 is 15.9 Å². The van der Waals surface area contributed by atoms with Crippen LogP contribution in [0.5, 0.6) is 0 Å². The predicted octanol–water partition coefficient (Wildman–Crippen LogP) is 3.23. The number of hydrogen-bond donors (Lipinski definition) is 2. The summed E-state index contributed by atoms with van der Waals surface area (Å²) in [5.74, 6) is 0. The average Bonchev–Trinajstić information content (AvgIpc) is 2.42. The monoisotopic (exact) mass is 303 g/mol. The summed E-state index contributed by atoms with van der Waals surface area (Å²) in [5.41, 5.74) is 5.05. The molecule has 3 rings (SSSR count). The third-order valence-electron chi connectivity index (χ3n) is 3.18. The van der Waals surface area contributed by atoms with Gasteiger partial charge in [-0.2, -0.15) is 0 Å². The van der Waals surface area contributed by atoms with Gasteiger partial charge in [-0.3, -0.25) is 4.98 Å². The molecule has 0 atom stereocenters. The normalized spacial score (nSPS) is 14.1. The number of halogens is 1. The molecular formula is C14H14BrN3. The first-order valence-corrected chi connectivity index (χ1v) is 6.82. The smallest absolute Gasteiger partial charge is 0.0593 e. The number of aromatic nitrogens is 1. The Morgan fingerprint density at radius 1 is 1.22 bits per heavy atom. The highest BCUT2D eigenvalue weighted by Gasteiger charge is 2.12. The summed E-state index contributed by atoms with van der Waals surface area (Å²) in [5, 5.41) is 6.88. The Balaban J connectivity index is 1.96. The Kier molecular flexibility index (Phi) is 3.30. The van der Waals surface area contributed by atoms with Crippen molar-refractivity contribution in [1.29, 1.82) is 0 Å². The van der Waals surface area contributed by atoms with E-state index in [0.29, 0.717) is 0 Å². The molecule has 0 radical (unpaired) electrons. The van der Waals surface area contributed by atoms with Gasteiger partial charge in [0.25, 0.3) is 0 Å². The summed E-state index contributed by atoms with van der Waals surface area (Å²) in [6.07, 6.45) is 4.67. The quantitative estimate of drug-likeness (QED) is 0.894. The molecule has 1 aromatic carbocycles. The summed E-state index contributed by atoms with van der Waals surface area (Å²) in [4.78, 5) is 4.08. The van der Waals surface area contributed by atoms with Crippen LogP contribution in [0.2, 0.25) is 0 Å². The highest BCUT2D eigenvalue weighted by molar-refractivity contribution is 9.10. The van der Waals surface area contributed by atoms with Crippen molar-refractivity contribution in [3.63, 3.8) is 0 Å². The zero-order valence-corrected chi connectivity index (χ0v) is 11.5. The molecule has 0 fully saturated rings. The highest BCUT2D eigenvalue weighted by Crippen LogP contribution is 2.29. The van der Waals surface area contributed by atoms with Crippen molar-refractivity contribution >= 4 is 27.3 Å². The minimum absolute atomic E-state index is 0.961. The lowest BCUT2D eigenvalue weighted by Gasteiger charge is -2.21. The molecule has 0 aliphatic carbocycles. The standard InChI is InChI=1S/C14H14BrN3/c15-12-9-17-7-5-14(12)18-13-3-1-2-10-8-16-6-4-11(10)13/h1-3,5,7,9,16H,4,6,8H2,(H,17,18). The molecule has 1 aromatic heterocycles. The molecule has 2 heterocycles. The van der Waals surface area contributed by atoms with E-state index < -0.39 is 0 Å². The lowest BCUT2D eigenvalue weighted by molar-refractivity contribution is 0.645. The third kappa shape index (κ3) is 2.26. The Bertz CT molecular complexity index is 569. The molecule has 18 heavy (non-hydrogen) atoms. The van der Waals surface area contributed by atoms with E-state index in [-0.39, 0.29) is 0 Å². The summed E-state index contributed by atoms with van der Waals surface area (Å²) in [7, 11) is 0. The van der Waals surface area contributed by atoms with Gasteiger partial charge in [0.1, 0.15) is 0 Å². The Labute approximate surface area is 115 Å². The zero-order chi connectivity index (χ0) is 12.4. The Morgan fingerprint density at radius 3 is 3.06 bits per heavy atom. The van der Waals surface area contributed by atoms with Gasteiger partial charge in [0.05, 0.1) is 10.2 Å². The van der Waals surface area contributed by atoms with E-state index in [2.05, 4.69) is 49.7 Å². The fraction of sp³-hybridized carbons (Fsp3) is 0.214. The van der Waals surface area contributed by atoms with Gasteiger partial charge in [-0.05, 0) is 52.2 Å². The van der Waals surface area contributed by atoms with E-state index in [9.17, 15) is 0 Å². The number of pyridine rings is 1. The average molecular weight is 304 g/mol. The molecule has 1 aliphatic rings. The number of hydrogen-bond acceptors (Lipinski definition) is 3. The Hall–Kier alpha value is -1.39. The maximum absolute atomic E-state index is 4.08. The summed E-state index contributed by atoms with van der Waals surface area (Å²) in [6.45, 7) is 2.01. The van der Waals surface area contributed by atoms with Crippen LogP contribution in [-0.4, -0.2) is 11.5 Å². The van der Waals surface area contributed by atoms with Gasteiger partial charge in [-0.15, -0.1) is 0 Å². The van der Waals surface area contributed by atoms with Crippen molar-refractivity contribution in [3.8, 4) is 0 Å². The van der Waals surface area contributed by atoms with E-state index in [1.54, 1.807) is 12.4 Å². The summed E-state index contributed by atoms with van der Waals surface area (Å²) in [6, 6.07) is 8.40. The number of anilines is 2. The van der Waals surface area contributed by atoms with Gasteiger partial charge in [-0.1, -0.05) is 12.1 Å². The van der Waals surface area contributed by atoms with Crippen molar-refractivity contribution in [3.05, 3.63) is 52.3 Å². The minimum atomic E-state index is 0.961. The van der Waals surface area contributed by atoms with E-state index in [4.69, 9.17) is 0 Å². The maximum atomic E-state index is 4.08. The number of nitrogens with one attached hydrogen (secondary N) is 2. The molecule has 3 nitrogen and oxygen atoms in total. The largest absolute Gasteiger partial charge is 0.354 e. The molecular weight excluding hydrogens is 290 g/mol. The SMILES string of the molecule is Brc1cnccc1Nc1cccc2c1CCNC2. The number of benzene rings is 1. The molecule has 0 amide bonds. The van der Waals surface area contributed by atoms with Gasteiger partial charge in [-0.25, -0.2) is 0 Å². The fourth-order valence-corrected chi connectivity index (χ4v) is 2.62. The first kappa shape index (κ1) is 11.7. The van der Waals surface area contributed by atoms with Crippen molar-refractivity contribution in [2.75, 3.05) is 11.9 Å². The lowest BCUT2D eigenvalue weighted by atomic mass is 9.99. The molecule has 4 heteroatoms. The van der Waals surface area contributed by atoms with Crippen LogP contribution in [0.25, 0.3) is 0 Å². The van der Waals surface area contributed by atoms with Gasteiger partial charge >= 0.3 is 0 Å². The number of rotatable bonds is 2. The van der Waals surface area contributed by atoms with Crippen LogP contribution < -0.4 is 10.6 Å². The van der Waals surface area contributed by atoms with Crippen LogP contribution in [0, 0.1) is 0 Å². The van der Waals surface area contributed by atoms with E-state index in [1.807, 2.05) is 6.07 Å². The van der Waals surface area contributed by atoms with Crippen LogP contribution in [-0.2, 0) is 13.0 Å². The van der Waals surface area contributed by atoms with E-state index >= 15 is 0 Å². The molecule has 0 spiro atoms. The molecule has 0 saturated heterocycles. The van der Waals surface area contributed by atoms with E-state index in [1.165, 1.54) is 16.8 Å². The predicted molar refractivity (Wildman–Crippen MR) is 77.1 cm³/mol. The van der Waals surface area contributed by atoms with Gasteiger partial charge in [0.2, 0.25) is 0 Å². The van der Waals surface area contributed by atoms with Crippen molar-refractivity contribution in [1.82, 2.24) is 10.3 Å². The second kappa shape index (κ2) is 5.08. The number of fused-ring (bicyclic) bond motifs is 1. The molecule has 2 aromatic rings. The summed E-state index contributed by atoms with van der Waals surface area (Å²) >= 11 is 3.51. The van der Waals surface area contributed by atoms with Gasteiger partial charge < -0.3 is 10.6 Å². The first-order chi connectivity index (χ1) is 8.84. The molecule has 2 N–H and O–H groups in total. The topological polar surface area (TPSA) is 37.0 Å². The fourth-order valence-electron chi connectivity index (χ4n) is 2.27. The van der Waals surface area contributed by atoms with Crippen molar-refractivity contribution in [2.45, 2.75) is 13.0 Å². The second-order valence-electron chi connectivity index (χ2n) is 4.35. The molecule has 0 saturated carbocycles. The second-order valence-corrected chi connectivity index (χ2v) is 5.20. The minimum Gasteiger partial charge on any atom is -0.354 e. The van der Waals surface area contributed by atoms with Gasteiger partial charge in [0.15, 0.2) is 0 Å². The lowest BCUT2D eigenvalue weighted by Crippen LogP contribution is -2.24. The van der Waals surface area contributed by atoms with Crippen LogP contribution in [0.3, 0.4) is 0 Å². The third-order valence-corrected chi connectivity index (χ3v) is 3.81. The maximum Gasteiger partial charge on any atom is 0.0593 e. The summed E-state index contributed by atoms with van der Waals surface area (Å²) < 4.78 is 0.983. The molecule has 0 unspecified atom stereocenters.